The van der Waals surface area contributed by atoms with Crippen molar-refractivity contribution in [3.05, 3.63) is 203 Å². The van der Waals surface area contributed by atoms with Crippen molar-refractivity contribution in [2.24, 2.45) is 0 Å². The summed E-state index contributed by atoms with van der Waals surface area (Å²) in [6, 6.07) is 59.3. The third-order valence-electron chi connectivity index (χ3n) is 11.8. The SMILES string of the molecule is c1cc(-c2nccs2)cc(-c2cc3c(c4ccccc24)-c2c(cc(-c4cccc(-c5nccs5)c4)c4ccccc24)C32c3ccccc3-c3ccccc32)c1. The van der Waals surface area contributed by atoms with Crippen LogP contribution < -0.4 is 0 Å². The summed E-state index contributed by atoms with van der Waals surface area (Å²) in [7, 11) is 0. The zero-order valence-corrected chi connectivity index (χ0v) is 31.2. The second-order valence-corrected chi connectivity index (χ2v) is 16.3. The fourth-order valence-electron chi connectivity index (χ4n) is 9.69. The van der Waals surface area contributed by atoms with E-state index in [2.05, 4.69) is 178 Å². The van der Waals surface area contributed by atoms with Crippen LogP contribution in [0.2, 0.25) is 0 Å². The number of aromatic nitrogens is 2. The average Bonchev–Trinajstić information content (AvgIpc) is 4.08. The Morgan fingerprint density at radius 3 is 1.22 bits per heavy atom. The number of nitrogens with zero attached hydrogens (tertiary/aromatic N) is 2. The largest absolute Gasteiger partial charge is 0.245 e. The minimum Gasteiger partial charge on any atom is -0.245 e. The number of thiazole rings is 2. The van der Waals surface area contributed by atoms with Crippen molar-refractivity contribution < 1.29 is 0 Å². The minimum absolute atomic E-state index is 0.532. The first-order valence-electron chi connectivity index (χ1n) is 18.6. The lowest BCUT2D eigenvalue weighted by Gasteiger charge is -2.31. The lowest BCUT2D eigenvalue weighted by molar-refractivity contribution is 0.795. The number of hydrogen-bond donors (Lipinski definition) is 0. The van der Waals surface area contributed by atoms with E-state index in [1.807, 2.05) is 12.4 Å². The average molecular weight is 735 g/mol. The van der Waals surface area contributed by atoms with Crippen LogP contribution in [0.1, 0.15) is 22.3 Å². The van der Waals surface area contributed by atoms with Gasteiger partial charge in [0.05, 0.1) is 5.41 Å². The Morgan fingerprint density at radius 1 is 0.345 bits per heavy atom. The molecular formula is C51H30N2S2. The van der Waals surface area contributed by atoms with Crippen LogP contribution in [0.15, 0.2) is 181 Å². The summed E-state index contributed by atoms with van der Waals surface area (Å²) < 4.78 is 0. The van der Waals surface area contributed by atoms with Crippen molar-refractivity contribution in [1.29, 1.82) is 0 Å². The smallest absolute Gasteiger partial charge is 0.123 e. The quantitative estimate of drug-likeness (QED) is 0.180. The highest BCUT2D eigenvalue weighted by Gasteiger charge is 2.53. The summed E-state index contributed by atoms with van der Waals surface area (Å²) in [6.07, 6.45) is 3.78. The van der Waals surface area contributed by atoms with Gasteiger partial charge in [0.25, 0.3) is 0 Å². The van der Waals surface area contributed by atoms with E-state index in [-0.39, 0.29) is 0 Å². The highest BCUT2D eigenvalue weighted by Crippen LogP contribution is 2.66. The topological polar surface area (TPSA) is 25.8 Å². The fourth-order valence-corrected chi connectivity index (χ4v) is 11.0. The second kappa shape index (κ2) is 11.8. The molecule has 12 rings (SSSR count). The van der Waals surface area contributed by atoms with Gasteiger partial charge in [-0.3, -0.25) is 0 Å². The zero-order valence-electron chi connectivity index (χ0n) is 29.5. The van der Waals surface area contributed by atoms with Gasteiger partial charge in [0.1, 0.15) is 10.0 Å². The summed E-state index contributed by atoms with van der Waals surface area (Å²) in [5.41, 5.74) is 17.2. The molecule has 0 atom stereocenters. The molecule has 0 N–H and O–H groups in total. The first kappa shape index (κ1) is 30.9. The molecule has 8 aromatic carbocycles. The molecule has 0 radical (unpaired) electrons. The molecule has 1 spiro atoms. The third-order valence-corrected chi connectivity index (χ3v) is 13.4. The summed E-state index contributed by atoms with van der Waals surface area (Å²) >= 11 is 3.36. The maximum absolute atomic E-state index is 4.67. The molecular weight excluding hydrogens is 705 g/mol. The molecule has 0 saturated heterocycles. The molecule has 0 amide bonds. The van der Waals surface area contributed by atoms with E-state index in [0.29, 0.717) is 0 Å². The molecule has 10 aromatic rings. The Kier molecular flexibility index (Phi) is 6.62. The van der Waals surface area contributed by atoms with Gasteiger partial charge in [0.15, 0.2) is 0 Å². The van der Waals surface area contributed by atoms with Gasteiger partial charge < -0.3 is 0 Å². The number of benzene rings is 8. The van der Waals surface area contributed by atoms with Crippen LogP contribution in [0.5, 0.6) is 0 Å². The lowest BCUT2D eigenvalue weighted by Crippen LogP contribution is -2.26. The number of fused-ring (bicyclic) bond motifs is 14. The Balaban J connectivity index is 1.24. The Hall–Kier alpha value is -6.46. The minimum atomic E-state index is -0.532. The number of rotatable bonds is 4. The first-order valence-corrected chi connectivity index (χ1v) is 20.4. The van der Waals surface area contributed by atoms with Crippen molar-refractivity contribution in [3.8, 4) is 65.6 Å². The van der Waals surface area contributed by atoms with Crippen molar-refractivity contribution in [1.82, 2.24) is 9.97 Å². The Morgan fingerprint density at radius 2 is 0.764 bits per heavy atom. The first-order chi connectivity index (χ1) is 27.3. The molecule has 55 heavy (non-hydrogen) atoms. The van der Waals surface area contributed by atoms with Gasteiger partial charge in [0, 0.05) is 34.3 Å². The van der Waals surface area contributed by atoms with Crippen LogP contribution in [-0.4, -0.2) is 9.97 Å². The van der Waals surface area contributed by atoms with Gasteiger partial charge in [-0.25, -0.2) is 9.97 Å². The van der Waals surface area contributed by atoms with Gasteiger partial charge in [-0.1, -0.05) is 133 Å². The summed E-state index contributed by atoms with van der Waals surface area (Å²) in [4.78, 5) is 9.35. The number of hydrogen-bond acceptors (Lipinski definition) is 4. The van der Waals surface area contributed by atoms with E-state index >= 15 is 0 Å². The molecule has 2 heterocycles. The molecule has 0 aliphatic heterocycles. The molecule has 0 fully saturated rings. The van der Waals surface area contributed by atoms with E-state index in [1.165, 1.54) is 88.3 Å². The third kappa shape index (κ3) is 4.29. The highest BCUT2D eigenvalue weighted by molar-refractivity contribution is 7.13. The maximum atomic E-state index is 4.67. The van der Waals surface area contributed by atoms with Gasteiger partial charge >= 0.3 is 0 Å². The fraction of sp³-hybridized carbons (Fsp3) is 0.0196. The van der Waals surface area contributed by atoms with Gasteiger partial charge in [-0.05, 0) is 113 Å². The molecule has 256 valence electrons. The molecule has 0 saturated carbocycles. The predicted octanol–water partition coefficient (Wildman–Crippen LogP) is 13.9. The predicted molar refractivity (Wildman–Crippen MR) is 231 cm³/mol. The van der Waals surface area contributed by atoms with Gasteiger partial charge in [0.2, 0.25) is 0 Å². The van der Waals surface area contributed by atoms with E-state index in [0.717, 1.165) is 21.1 Å². The zero-order chi connectivity index (χ0) is 36.1. The van der Waals surface area contributed by atoms with Gasteiger partial charge in [-0.2, -0.15) is 0 Å². The van der Waals surface area contributed by atoms with Crippen molar-refractivity contribution in [2.75, 3.05) is 0 Å². The molecule has 0 unspecified atom stereocenters. The standard InChI is InChI=1S/C51H30N2S2/c1-3-19-39-35(15-1)41(31-11-9-13-33(27-31)49-52-23-25-54-49)29-45-47(39)48-40-20-4-2-16-36(40)42(32-12-10-14-34(28-32)50-53-24-26-55-50)30-46(48)51(45)43-21-7-5-17-37(43)38-18-6-8-22-44(38)51/h1-30H. The Bertz CT molecular complexity index is 2940. The van der Waals surface area contributed by atoms with Crippen LogP contribution in [0, 0.1) is 0 Å². The second-order valence-electron chi connectivity index (χ2n) is 14.5. The van der Waals surface area contributed by atoms with E-state index in [4.69, 9.17) is 0 Å². The molecule has 2 aliphatic rings. The molecule has 2 aliphatic carbocycles. The summed E-state index contributed by atoms with van der Waals surface area (Å²) in [5.74, 6) is 0. The normalized spacial score (nSPS) is 13.2. The lowest BCUT2D eigenvalue weighted by atomic mass is 9.69. The molecule has 0 bridgehead atoms. The van der Waals surface area contributed by atoms with Crippen LogP contribution in [0.25, 0.3) is 87.2 Å². The van der Waals surface area contributed by atoms with E-state index in [9.17, 15) is 0 Å². The highest BCUT2D eigenvalue weighted by atomic mass is 32.1. The van der Waals surface area contributed by atoms with E-state index in [1.54, 1.807) is 22.7 Å². The monoisotopic (exact) mass is 734 g/mol. The molecule has 2 aromatic heterocycles. The van der Waals surface area contributed by atoms with Crippen molar-refractivity contribution in [3.63, 3.8) is 0 Å². The summed E-state index contributed by atoms with van der Waals surface area (Å²) in [6.45, 7) is 0. The van der Waals surface area contributed by atoms with Gasteiger partial charge in [-0.15, -0.1) is 22.7 Å². The maximum Gasteiger partial charge on any atom is 0.123 e. The van der Waals surface area contributed by atoms with Crippen LogP contribution in [0.3, 0.4) is 0 Å². The molecule has 4 heteroatoms. The van der Waals surface area contributed by atoms with Crippen LogP contribution in [-0.2, 0) is 5.41 Å². The molecule has 2 nitrogen and oxygen atoms in total. The Labute approximate surface area is 326 Å². The van der Waals surface area contributed by atoms with Crippen LogP contribution in [0.4, 0.5) is 0 Å². The van der Waals surface area contributed by atoms with E-state index < -0.39 is 5.41 Å². The van der Waals surface area contributed by atoms with Crippen LogP contribution >= 0.6 is 22.7 Å². The van der Waals surface area contributed by atoms with Crippen molar-refractivity contribution in [2.45, 2.75) is 5.41 Å². The van der Waals surface area contributed by atoms with Crippen molar-refractivity contribution >= 4 is 44.2 Å². The summed E-state index contributed by atoms with van der Waals surface area (Å²) in [5, 5.41) is 11.2.